The van der Waals surface area contributed by atoms with Crippen molar-refractivity contribution in [2.24, 2.45) is 5.16 Å². The summed E-state index contributed by atoms with van der Waals surface area (Å²) < 4.78 is 17.6. The SMILES string of the molecule is C/C=C/COc1cc(C)c(OCCCCCCCOc2ccc(/C(C)=N/OC)nc2)c(C)c1. The van der Waals surface area contributed by atoms with E-state index in [1.54, 1.807) is 6.20 Å². The second kappa shape index (κ2) is 14.9. The van der Waals surface area contributed by atoms with Crippen LogP contribution in [0.5, 0.6) is 17.2 Å². The van der Waals surface area contributed by atoms with Gasteiger partial charge in [0.05, 0.1) is 25.1 Å². The Morgan fingerprint density at radius 1 is 0.909 bits per heavy atom. The standard InChI is InChI=1S/C27H38N2O4/c1-6-7-15-32-25-18-21(2)27(22(3)19-25)33-17-12-10-8-9-11-16-31-24-13-14-26(28-20-24)23(4)29-30-5/h6-7,13-14,18-20H,8-12,15-17H2,1-5H3/b7-6+,29-23+. The number of aromatic nitrogens is 1. The molecule has 6 nitrogen and oxygen atoms in total. The molecule has 1 heterocycles. The number of rotatable bonds is 15. The van der Waals surface area contributed by atoms with E-state index in [1.807, 2.05) is 50.3 Å². The lowest BCUT2D eigenvalue weighted by Gasteiger charge is -2.14. The molecule has 0 spiro atoms. The van der Waals surface area contributed by atoms with Gasteiger partial charge in [0.15, 0.2) is 0 Å². The van der Waals surface area contributed by atoms with Crippen molar-refractivity contribution < 1.29 is 19.0 Å². The largest absolute Gasteiger partial charge is 0.493 e. The van der Waals surface area contributed by atoms with E-state index in [2.05, 4.69) is 24.0 Å². The van der Waals surface area contributed by atoms with Crippen LogP contribution in [0.4, 0.5) is 0 Å². The van der Waals surface area contributed by atoms with E-state index in [-0.39, 0.29) is 0 Å². The first kappa shape index (κ1) is 26.2. The predicted molar refractivity (Wildman–Crippen MR) is 134 cm³/mol. The molecular weight excluding hydrogens is 416 g/mol. The maximum atomic E-state index is 6.06. The zero-order chi connectivity index (χ0) is 23.9. The van der Waals surface area contributed by atoms with E-state index in [0.29, 0.717) is 13.2 Å². The molecule has 6 heteroatoms. The third-order valence-electron chi connectivity index (χ3n) is 5.15. The van der Waals surface area contributed by atoms with Crippen molar-refractivity contribution in [2.45, 2.75) is 59.8 Å². The second-order valence-corrected chi connectivity index (χ2v) is 7.97. The van der Waals surface area contributed by atoms with Crippen LogP contribution >= 0.6 is 0 Å². The van der Waals surface area contributed by atoms with Gasteiger partial charge in [0, 0.05) is 0 Å². The topological polar surface area (TPSA) is 62.2 Å². The van der Waals surface area contributed by atoms with Crippen LogP contribution in [0.1, 0.15) is 62.8 Å². The molecule has 0 atom stereocenters. The molecule has 0 aliphatic carbocycles. The van der Waals surface area contributed by atoms with E-state index in [9.17, 15) is 0 Å². The molecule has 0 aliphatic rings. The molecule has 0 bridgehead atoms. The van der Waals surface area contributed by atoms with Gasteiger partial charge in [-0.15, -0.1) is 0 Å². The van der Waals surface area contributed by atoms with Gasteiger partial charge in [0.25, 0.3) is 0 Å². The highest BCUT2D eigenvalue weighted by molar-refractivity contribution is 5.96. The minimum Gasteiger partial charge on any atom is -0.493 e. The first-order valence-electron chi connectivity index (χ1n) is 11.7. The third-order valence-corrected chi connectivity index (χ3v) is 5.15. The molecule has 2 aromatic rings. The average molecular weight is 455 g/mol. The molecule has 0 unspecified atom stereocenters. The quantitative estimate of drug-likeness (QED) is 0.134. The minimum absolute atomic E-state index is 0.591. The van der Waals surface area contributed by atoms with Gasteiger partial charge in [0.1, 0.15) is 36.7 Å². The summed E-state index contributed by atoms with van der Waals surface area (Å²) >= 11 is 0. The summed E-state index contributed by atoms with van der Waals surface area (Å²) in [5, 5.41) is 3.88. The summed E-state index contributed by atoms with van der Waals surface area (Å²) in [5.74, 6) is 2.64. The van der Waals surface area contributed by atoms with Crippen LogP contribution in [0, 0.1) is 13.8 Å². The van der Waals surface area contributed by atoms with Crippen molar-refractivity contribution >= 4 is 5.71 Å². The maximum Gasteiger partial charge on any atom is 0.137 e. The normalized spacial score (nSPS) is 11.6. The van der Waals surface area contributed by atoms with Crippen LogP contribution < -0.4 is 14.2 Å². The number of hydrogen-bond acceptors (Lipinski definition) is 6. The Morgan fingerprint density at radius 2 is 1.58 bits per heavy atom. The number of nitrogens with zero attached hydrogens (tertiary/aromatic N) is 2. The fraction of sp³-hybridized carbons (Fsp3) is 0.481. The van der Waals surface area contributed by atoms with E-state index in [4.69, 9.17) is 19.0 Å². The maximum absolute atomic E-state index is 6.06. The zero-order valence-corrected chi connectivity index (χ0v) is 20.7. The highest BCUT2D eigenvalue weighted by Crippen LogP contribution is 2.28. The van der Waals surface area contributed by atoms with Gasteiger partial charge in [-0.05, 0) is 75.9 Å². The number of allylic oxidation sites excluding steroid dienone is 1. The molecule has 0 radical (unpaired) electrons. The molecule has 33 heavy (non-hydrogen) atoms. The Kier molecular flexibility index (Phi) is 11.9. The van der Waals surface area contributed by atoms with Crippen LogP contribution in [0.15, 0.2) is 47.8 Å². The van der Waals surface area contributed by atoms with Crippen molar-refractivity contribution in [1.29, 1.82) is 0 Å². The molecule has 0 saturated carbocycles. The molecule has 0 fully saturated rings. The average Bonchev–Trinajstić information content (AvgIpc) is 2.80. The van der Waals surface area contributed by atoms with Crippen LogP contribution in [0.25, 0.3) is 0 Å². The summed E-state index contributed by atoms with van der Waals surface area (Å²) in [6.45, 7) is 10.0. The number of unbranched alkanes of at least 4 members (excludes halogenated alkanes) is 4. The highest BCUT2D eigenvalue weighted by Gasteiger charge is 2.07. The number of benzene rings is 1. The third kappa shape index (κ3) is 9.56. The number of oxime groups is 1. The Bertz CT molecular complexity index is 868. The lowest BCUT2D eigenvalue weighted by atomic mass is 10.1. The van der Waals surface area contributed by atoms with Crippen molar-refractivity contribution in [1.82, 2.24) is 4.98 Å². The van der Waals surface area contributed by atoms with Gasteiger partial charge in [-0.25, -0.2) is 0 Å². The number of hydrogen-bond donors (Lipinski definition) is 0. The Morgan fingerprint density at radius 3 is 2.18 bits per heavy atom. The highest BCUT2D eigenvalue weighted by atomic mass is 16.6. The van der Waals surface area contributed by atoms with Crippen LogP contribution in [0.2, 0.25) is 0 Å². The summed E-state index contributed by atoms with van der Waals surface area (Å²) in [7, 11) is 1.53. The van der Waals surface area contributed by atoms with Gasteiger partial charge in [0.2, 0.25) is 0 Å². The first-order valence-corrected chi connectivity index (χ1v) is 11.7. The molecular formula is C27H38N2O4. The van der Waals surface area contributed by atoms with Crippen LogP contribution in [-0.2, 0) is 4.84 Å². The van der Waals surface area contributed by atoms with E-state index in [0.717, 1.165) is 72.1 Å². The molecule has 1 aromatic heterocycles. The second-order valence-electron chi connectivity index (χ2n) is 7.97. The van der Waals surface area contributed by atoms with Crippen molar-refractivity contribution in [2.75, 3.05) is 26.9 Å². The van der Waals surface area contributed by atoms with E-state index < -0.39 is 0 Å². The summed E-state index contributed by atoms with van der Waals surface area (Å²) in [6, 6.07) is 7.90. The smallest absolute Gasteiger partial charge is 0.137 e. The summed E-state index contributed by atoms with van der Waals surface area (Å²) in [5.41, 5.74) is 3.76. The van der Waals surface area contributed by atoms with Gasteiger partial charge < -0.3 is 19.0 Å². The number of ether oxygens (including phenoxy) is 3. The van der Waals surface area contributed by atoms with E-state index >= 15 is 0 Å². The lowest BCUT2D eigenvalue weighted by molar-refractivity contribution is 0.213. The van der Waals surface area contributed by atoms with Gasteiger partial charge in [-0.2, -0.15) is 0 Å². The van der Waals surface area contributed by atoms with Crippen LogP contribution in [0.3, 0.4) is 0 Å². The van der Waals surface area contributed by atoms with Gasteiger partial charge >= 0.3 is 0 Å². The molecule has 2 rings (SSSR count). The Labute approximate surface area is 198 Å². The van der Waals surface area contributed by atoms with Crippen molar-refractivity contribution in [3.63, 3.8) is 0 Å². The molecule has 0 N–H and O–H groups in total. The lowest BCUT2D eigenvalue weighted by Crippen LogP contribution is -2.03. The van der Waals surface area contributed by atoms with Crippen molar-refractivity contribution in [3.05, 3.63) is 59.4 Å². The van der Waals surface area contributed by atoms with Gasteiger partial charge in [-0.1, -0.05) is 36.6 Å². The molecule has 1 aromatic carbocycles. The minimum atomic E-state index is 0.591. The molecule has 0 amide bonds. The van der Waals surface area contributed by atoms with E-state index in [1.165, 1.54) is 13.5 Å². The fourth-order valence-corrected chi connectivity index (χ4v) is 3.42. The molecule has 0 saturated heterocycles. The predicted octanol–water partition coefficient (Wildman–Crippen LogP) is 6.43. The van der Waals surface area contributed by atoms with Crippen LogP contribution in [-0.4, -0.2) is 37.6 Å². The Hall–Kier alpha value is -3.02. The summed E-state index contributed by atoms with van der Waals surface area (Å²) in [6.07, 6.45) is 11.3. The van der Waals surface area contributed by atoms with Gasteiger partial charge in [-0.3, -0.25) is 4.98 Å². The molecule has 180 valence electrons. The monoisotopic (exact) mass is 454 g/mol. The number of aryl methyl sites for hydroxylation is 2. The Balaban J connectivity index is 1.58. The first-order chi connectivity index (χ1) is 16.0. The fourth-order valence-electron chi connectivity index (χ4n) is 3.42. The molecule has 0 aliphatic heterocycles. The summed E-state index contributed by atoms with van der Waals surface area (Å²) in [4.78, 5) is 9.12. The number of pyridine rings is 1. The van der Waals surface area contributed by atoms with Crippen molar-refractivity contribution in [3.8, 4) is 17.2 Å². The zero-order valence-electron chi connectivity index (χ0n) is 20.7.